The van der Waals surface area contributed by atoms with Crippen LogP contribution in [0.1, 0.15) is 25.1 Å². The average molecular weight is 275 g/mol. The Morgan fingerprint density at radius 1 is 1.59 bits per heavy atom. The minimum atomic E-state index is -0.418. The first kappa shape index (κ1) is 14.5. The molecule has 1 amide bonds. The van der Waals surface area contributed by atoms with Gasteiger partial charge in [0.2, 0.25) is 5.91 Å². The topological polar surface area (TPSA) is 46.3 Å². The van der Waals surface area contributed by atoms with Crippen molar-refractivity contribution < 1.29 is 4.79 Å². The first-order chi connectivity index (χ1) is 7.51. The molecule has 1 saturated heterocycles. The molecule has 1 fully saturated rings. The summed E-state index contributed by atoms with van der Waals surface area (Å²) >= 11 is 1.64. The Kier molecular flexibility index (Phi) is 4.58. The number of rotatable bonds is 2. The Morgan fingerprint density at radius 3 is 2.76 bits per heavy atom. The predicted octanol–water partition coefficient (Wildman–Crippen LogP) is 2.01. The first-order valence-corrected chi connectivity index (χ1v) is 6.48. The second kappa shape index (κ2) is 5.38. The summed E-state index contributed by atoms with van der Waals surface area (Å²) in [7, 11) is 0. The Morgan fingerprint density at radius 2 is 2.29 bits per heavy atom. The van der Waals surface area contributed by atoms with E-state index in [0.29, 0.717) is 6.54 Å². The molecule has 0 saturated carbocycles. The van der Waals surface area contributed by atoms with E-state index in [0.717, 1.165) is 17.8 Å². The number of hydrogen-bond donors (Lipinski definition) is 1. The molecule has 0 bridgehead atoms. The molecule has 0 aromatic carbocycles. The number of carbonyl (C=O) groups excluding carboxylic acids is 1. The highest BCUT2D eigenvalue weighted by Gasteiger charge is 2.36. The summed E-state index contributed by atoms with van der Waals surface area (Å²) in [5, 5.41) is 2.01. The molecule has 0 unspecified atom stereocenters. The fraction of sp³-hybridized carbons (Fsp3) is 0.583. The van der Waals surface area contributed by atoms with Crippen molar-refractivity contribution >= 4 is 29.7 Å². The molecule has 2 N–H and O–H groups in total. The number of amides is 1. The highest BCUT2D eigenvalue weighted by Crippen LogP contribution is 2.30. The van der Waals surface area contributed by atoms with Crippen molar-refractivity contribution in [1.29, 1.82) is 0 Å². The molecule has 2 heterocycles. The summed E-state index contributed by atoms with van der Waals surface area (Å²) in [6, 6.07) is 4.17. The molecule has 1 aliphatic heterocycles. The van der Waals surface area contributed by atoms with Gasteiger partial charge in [0.25, 0.3) is 0 Å². The lowest BCUT2D eigenvalue weighted by atomic mass is 9.90. The van der Waals surface area contributed by atoms with E-state index in [1.165, 1.54) is 0 Å². The van der Waals surface area contributed by atoms with Crippen molar-refractivity contribution in [3.05, 3.63) is 22.4 Å². The Labute approximate surface area is 112 Å². The fourth-order valence-electron chi connectivity index (χ4n) is 2.11. The lowest BCUT2D eigenvalue weighted by Gasteiger charge is -2.28. The van der Waals surface area contributed by atoms with Gasteiger partial charge in [0.1, 0.15) is 0 Å². The number of thiophene rings is 1. The van der Waals surface area contributed by atoms with Crippen molar-refractivity contribution in [3.63, 3.8) is 0 Å². The van der Waals surface area contributed by atoms with Crippen molar-refractivity contribution in [3.8, 4) is 0 Å². The third kappa shape index (κ3) is 2.81. The van der Waals surface area contributed by atoms with E-state index < -0.39 is 5.41 Å². The summed E-state index contributed by atoms with van der Waals surface area (Å²) in [5.41, 5.74) is 5.42. The monoisotopic (exact) mass is 274 g/mol. The van der Waals surface area contributed by atoms with Gasteiger partial charge in [-0.25, -0.2) is 0 Å². The van der Waals surface area contributed by atoms with Crippen LogP contribution < -0.4 is 5.73 Å². The molecule has 17 heavy (non-hydrogen) atoms. The highest BCUT2D eigenvalue weighted by molar-refractivity contribution is 7.10. The molecule has 0 aliphatic carbocycles. The normalized spacial score (nSPS) is 20.2. The Bertz CT molecular complexity index is 378. The van der Waals surface area contributed by atoms with Crippen LogP contribution in [0.2, 0.25) is 0 Å². The van der Waals surface area contributed by atoms with Gasteiger partial charge in [-0.2, -0.15) is 0 Å². The number of halogens is 1. The zero-order chi connectivity index (χ0) is 11.8. The third-order valence-electron chi connectivity index (χ3n) is 3.18. The number of carbonyl (C=O) groups is 1. The van der Waals surface area contributed by atoms with Gasteiger partial charge in [-0.1, -0.05) is 6.07 Å². The van der Waals surface area contributed by atoms with Crippen LogP contribution in [-0.4, -0.2) is 29.9 Å². The largest absolute Gasteiger partial charge is 0.340 e. The quantitative estimate of drug-likeness (QED) is 0.897. The van der Waals surface area contributed by atoms with Crippen LogP contribution in [0, 0.1) is 0 Å². The summed E-state index contributed by atoms with van der Waals surface area (Å²) in [4.78, 5) is 15.4. The van der Waals surface area contributed by atoms with E-state index >= 15 is 0 Å². The number of nitrogens with zero attached hydrogens (tertiary/aromatic N) is 1. The van der Waals surface area contributed by atoms with E-state index in [1.54, 1.807) is 11.3 Å². The van der Waals surface area contributed by atoms with Crippen LogP contribution in [0.15, 0.2) is 17.5 Å². The summed E-state index contributed by atoms with van der Waals surface area (Å²) in [5.74, 6) is 0.197. The molecule has 1 atom stereocenters. The maximum absolute atomic E-state index is 12.4. The van der Waals surface area contributed by atoms with E-state index in [4.69, 9.17) is 5.73 Å². The van der Waals surface area contributed by atoms with Crippen molar-refractivity contribution in [2.75, 3.05) is 13.1 Å². The zero-order valence-corrected chi connectivity index (χ0v) is 11.8. The van der Waals surface area contributed by atoms with E-state index in [1.807, 2.05) is 36.3 Å². The number of nitrogens with two attached hydrogens (primary N) is 1. The minimum Gasteiger partial charge on any atom is -0.340 e. The standard InChI is InChI=1S/C12H18N2OS.ClH/c1-12(2,10-4-3-7-16-10)11(15)14-6-5-9(13)8-14;/h3-4,7,9H,5-6,8,13H2,1-2H3;1H/t9-;/m1./s1. The van der Waals surface area contributed by atoms with Gasteiger partial charge >= 0.3 is 0 Å². The molecule has 2 rings (SSSR count). The molecule has 0 radical (unpaired) electrons. The lowest BCUT2D eigenvalue weighted by molar-refractivity contribution is -0.135. The van der Waals surface area contributed by atoms with Crippen molar-refractivity contribution in [2.45, 2.75) is 31.7 Å². The van der Waals surface area contributed by atoms with E-state index in [2.05, 4.69) is 0 Å². The molecule has 1 aromatic rings. The van der Waals surface area contributed by atoms with E-state index in [-0.39, 0.29) is 24.4 Å². The summed E-state index contributed by atoms with van der Waals surface area (Å²) < 4.78 is 0. The lowest BCUT2D eigenvalue weighted by Crippen LogP contribution is -2.42. The van der Waals surface area contributed by atoms with Gasteiger partial charge in [0, 0.05) is 24.0 Å². The van der Waals surface area contributed by atoms with Crippen LogP contribution in [-0.2, 0) is 10.2 Å². The molecular weight excluding hydrogens is 256 g/mol. The van der Waals surface area contributed by atoms with Gasteiger partial charge in [0.15, 0.2) is 0 Å². The molecular formula is C12H19ClN2OS. The molecule has 3 nitrogen and oxygen atoms in total. The maximum atomic E-state index is 12.4. The molecule has 5 heteroatoms. The van der Waals surface area contributed by atoms with E-state index in [9.17, 15) is 4.79 Å². The zero-order valence-electron chi connectivity index (χ0n) is 10.2. The van der Waals surface area contributed by atoms with Crippen molar-refractivity contribution in [2.24, 2.45) is 5.73 Å². The molecule has 1 aliphatic rings. The summed E-state index contributed by atoms with van der Waals surface area (Å²) in [6.07, 6.45) is 0.923. The first-order valence-electron chi connectivity index (χ1n) is 5.61. The Hall–Kier alpha value is -0.580. The molecule has 96 valence electrons. The fourth-order valence-corrected chi connectivity index (χ4v) is 2.95. The van der Waals surface area contributed by atoms with Crippen LogP contribution in [0.4, 0.5) is 0 Å². The van der Waals surface area contributed by atoms with Crippen LogP contribution in [0.3, 0.4) is 0 Å². The minimum absolute atomic E-state index is 0. The second-order valence-corrected chi connectivity index (χ2v) is 5.85. The van der Waals surface area contributed by atoms with Gasteiger partial charge < -0.3 is 10.6 Å². The van der Waals surface area contributed by atoms with Gasteiger partial charge in [-0.3, -0.25) is 4.79 Å². The maximum Gasteiger partial charge on any atom is 0.233 e. The molecule has 1 aromatic heterocycles. The SMILES string of the molecule is CC(C)(C(=O)N1CC[C@@H](N)C1)c1cccs1.Cl. The highest BCUT2D eigenvalue weighted by atomic mass is 35.5. The van der Waals surface area contributed by atoms with Gasteiger partial charge in [-0.05, 0) is 31.7 Å². The van der Waals surface area contributed by atoms with Gasteiger partial charge in [0.05, 0.1) is 5.41 Å². The van der Waals surface area contributed by atoms with Crippen molar-refractivity contribution in [1.82, 2.24) is 4.90 Å². The van der Waals surface area contributed by atoms with Gasteiger partial charge in [-0.15, -0.1) is 23.7 Å². The van der Waals surface area contributed by atoms with Crippen LogP contribution in [0.5, 0.6) is 0 Å². The summed E-state index contributed by atoms with van der Waals surface area (Å²) in [6.45, 7) is 5.48. The molecule has 0 spiro atoms. The predicted molar refractivity (Wildman–Crippen MR) is 73.8 cm³/mol. The average Bonchev–Trinajstić information content (AvgIpc) is 2.86. The Balaban J connectivity index is 0.00000144. The number of hydrogen-bond acceptors (Lipinski definition) is 3. The smallest absolute Gasteiger partial charge is 0.233 e. The third-order valence-corrected chi connectivity index (χ3v) is 4.38. The number of likely N-dealkylation sites (tertiary alicyclic amines) is 1. The van der Waals surface area contributed by atoms with Crippen LogP contribution >= 0.6 is 23.7 Å². The van der Waals surface area contributed by atoms with Crippen LogP contribution in [0.25, 0.3) is 0 Å². The second-order valence-electron chi connectivity index (χ2n) is 4.90.